The SMILES string of the molecule is COC1N=CC(C(=O)Nc2cccc(C(C)C)c2)=CN1. The molecule has 0 aromatic heterocycles. The van der Waals surface area contributed by atoms with E-state index in [1.807, 2.05) is 24.3 Å². The Kier molecular flexibility index (Phi) is 4.53. The van der Waals surface area contributed by atoms with Gasteiger partial charge in [0, 0.05) is 25.2 Å². The summed E-state index contributed by atoms with van der Waals surface area (Å²) in [6.45, 7) is 4.23. The Hall–Kier alpha value is -2.14. The zero-order valence-corrected chi connectivity index (χ0v) is 11.9. The summed E-state index contributed by atoms with van der Waals surface area (Å²) in [4.78, 5) is 16.1. The molecule has 0 radical (unpaired) electrons. The van der Waals surface area contributed by atoms with E-state index < -0.39 is 6.35 Å². The first-order chi connectivity index (χ1) is 9.60. The maximum atomic E-state index is 12.1. The van der Waals surface area contributed by atoms with E-state index in [1.165, 1.54) is 11.8 Å². The molecule has 1 aliphatic rings. The van der Waals surface area contributed by atoms with Crippen LogP contribution < -0.4 is 10.6 Å². The molecule has 1 aromatic rings. The van der Waals surface area contributed by atoms with Gasteiger partial charge in [0.1, 0.15) is 0 Å². The number of hydrogen-bond donors (Lipinski definition) is 2. The summed E-state index contributed by atoms with van der Waals surface area (Å²) in [6, 6.07) is 7.84. The van der Waals surface area contributed by atoms with Crippen molar-refractivity contribution in [2.24, 2.45) is 4.99 Å². The second kappa shape index (κ2) is 6.34. The van der Waals surface area contributed by atoms with Crippen LogP contribution in [0.4, 0.5) is 5.69 Å². The molecule has 5 nitrogen and oxygen atoms in total. The Morgan fingerprint density at radius 3 is 2.85 bits per heavy atom. The number of carbonyl (C=O) groups excluding carboxylic acids is 1. The van der Waals surface area contributed by atoms with E-state index in [0.717, 1.165) is 5.69 Å². The van der Waals surface area contributed by atoms with Gasteiger partial charge in [0.05, 0.1) is 5.57 Å². The Morgan fingerprint density at radius 2 is 2.25 bits per heavy atom. The van der Waals surface area contributed by atoms with Crippen LogP contribution >= 0.6 is 0 Å². The van der Waals surface area contributed by atoms with E-state index in [1.54, 1.807) is 13.3 Å². The molecule has 1 aromatic carbocycles. The van der Waals surface area contributed by atoms with Gasteiger partial charge in [-0.25, -0.2) is 4.99 Å². The van der Waals surface area contributed by atoms with Crippen molar-refractivity contribution in [1.29, 1.82) is 0 Å². The lowest BCUT2D eigenvalue weighted by molar-refractivity contribution is -0.112. The smallest absolute Gasteiger partial charge is 0.258 e. The van der Waals surface area contributed by atoms with Gasteiger partial charge in [-0.1, -0.05) is 26.0 Å². The lowest BCUT2D eigenvalue weighted by Gasteiger charge is -2.16. The predicted octanol–water partition coefficient (Wildman–Crippen LogP) is 2.24. The molecular weight excluding hydrogens is 254 g/mol. The van der Waals surface area contributed by atoms with Crippen LogP contribution in [0.1, 0.15) is 25.3 Å². The summed E-state index contributed by atoms with van der Waals surface area (Å²) in [7, 11) is 1.55. The summed E-state index contributed by atoms with van der Waals surface area (Å²) in [5.74, 6) is 0.225. The lowest BCUT2D eigenvalue weighted by atomic mass is 10.0. The van der Waals surface area contributed by atoms with Crippen molar-refractivity contribution in [1.82, 2.24) is 5.32 Å². The number of nitrogens with one attached hydrogen (secondary N) is 2. The second-order valence-corrected chi connectivity index (χ2v) is 4.87. The Bertz CT molecular complexity index is 550. The molecule has 1 amide bonds. The van der Waals surface area contributed by atoms with E-state index >= 15 is 0 Å². The van der Waals surface area contributed by atoms with Crippen molar-refractivity contribution >= 4 is 17.8 Å². The predicted molar refractivity (Wildman–Crippen MR) is 79.7 cm³/mol. The lowest BCUT2D eigenvalue weighted by Crippen LogP contribution is -2.30. The van der Waals surface area contributed by atoms with Crippen molar-refractivity contribution < 1.29 is 9.53 Å². The summed E-state index contributed by atoms with van der Waals surface area (Å²) in [6.07, 6.45) is 2.69. The van der Waals surface area contributed by atoms with E-state index in [4.69, 9.17) is 4.74 Å². The molecular formula is C15H19N3O2. The van der Waals surface area contributed by atoms with Crippen LogP contribution in [-0.2, 0) is 9.53 Å². The van der Waals surface area contributed by atoms with Gasteiger partial charge in [0.25, 0.3) is 5.91 Å². The third-order valence-electron chi connectivity index (χ3n) is 3.03. The van der Waals surface area contributed by atoms with Crippen LogP contribution in [0.15, 0.2) is 41.0 Å². The highest BCUT2D eigenvalue weighted by Gasteiger charge is 2.13. The number of anilines is 1. The number of methoxy groups -OCH3 is 1. The first-order valence-electron chi connectivity index (χ1n) is 6.53. The third-order valence-corrected chi connectivity index (χ3v) is 3.03. The first-order valence-corrected chi connectivity index (χ1v) is 6.53. The van der Waals surface area contributed by atoms with Gasteiger partial charge in [-0.2, -0.15) is 0 Å². The zero-order chi connectivity index (χ0) is 14.5. The van der Waals surface area contributed by atoms with E-state index in [-0.39, 0.29) is 5.91 Å². The van der Waals surface area contributed by atoms with Gasteiger partial charge in [0.2, 0.25) is 6.35 Å². The van der Waals surface area contributed by atoms with Crippen LogP contribution in [0.3, 0.4) is 0 Å². The molecule has 106 valence electrons. The maximum Gasteiger partial charge on any atom is 0.258 e. The van der Waals surface area contributed by atoms with Crippen molar-refractivity contribution in [3.05, 3.63) is 41.6 Å². The summed E-state index contributed by atoms with van der Waals surface area (Å²) in [5, 5.41) is 5.73. The minimum Gasteiger partial charge on any atom is -0.347 e. The Labute approximate surface area is 118 Å². The minimum absolute atomic E-state index is 0.197. The molecule has 0 saturated carbocycles. The first kappa shape index (κ1) is 14.3. The van der Waals surface area contributed by atoms with Crippen molar-refractivity contribution in [2.45, 2.75) is 26.1 Å². The molecule has 5 heteroatoms. The van der Waals surface area contributed by atoms with Gasteiger partial charge in [0.15, 0.2) is 0 Å². The number of amides is 1. The molecule has 20 heavy (non-hydrogen) atoms. The molecule has 1 atom stereocenters. The van der Waals surface area contributed by atoms with Crippen LogP contribution in [0.2, 0.25) is 0 Å². The van der Waals surface area contributed by atoms with E-state index in [9.17, 15) is 4.79 Å². The normalized spacial score (nSPS) is 17.6. The number of nitrogens with zero attached hydrogens (tertiary/aromatic N) is 1. The molecule has 0 aliphatic carbocycles. The molecule has 1 heterocycles. The highest BCUT2D eigenvalue weighted by atomic mass is 16.5. The quantitative estimate of drug-likeness (QED) is 0.884. The fourth-order valence-electron chi connectivity index (χ4n) is 1.82. The monoisotopic (exact) mass is 273 g/mol. The van der Waals surface area contributed by atoms with Crippen LogP contribution in [0, 0.1) is 0 Å². The Balaban J connectivity index is 2.04. The molecule has 0 saturated heterocycles. The molecule has 2 N–H and O–H groups in total. The topological polar surface area (TPSA) is 62.7 Å². The summed E-state index contributed by atoms with van der Waals surface area (Å²) in [5.41, 5.74) is 2.43. The minimum atomic E-state index is -0.421. The average molecular weight is 273 g/mol. The zero-order valence-electron chi connectivity index (χ0n) is 11.9. The van der Waals surface area contributed by atoms with Crippen LogP contribution in [0.25, 0.3) is 0 Å². The highest BCUT2D eigenvalue weighted by Crippen LogP contribution is 2.18. The standard InChI is InChI=1S/C15H19N3O2/c1-10(2)11-5-4-6-13(7-11)18-14(19)12-8-16-15(20-3)17-9-12/h4-10,15-16H,1-3H3,(H,18,19). The molecule has 1 unspecified atom stereocenters. The van der Waals surface area contributed by atoms with Gasteiger partial charge >= 0.3 is 0 Å². The largest absolute Gasteiger partial charge is 0.347 e. The van der Waals surface area contributed by atoms with Crippen molar-refractivity contribution in [3.8, 4) is 0 Å². The average Bonchev–Trinajstić information content (AvgIpc) is 2.47. The number of ether oxygens (including phenoxy) is 1. The molecule has 1 aliphatic heterocycles. The van der Waals surface area contributed by atoms with E-state index in [2.05, 4.69) is 29.5 Å². The molecule has 2 rings (SSSR count). The van der Waals surface area contributed by atoms with Crippen molar-refractivity contribution in [2.75, 3.05) is 12.4 Å². The van der Waals surface area contributed by atoms with E-state index in [0.29, 0.717) is 11.5 Å². The number of aliphatic imine (C=N–C) groups is 1. The van der Waals surface area contributed by atoms with Crippen molar-refractivity contribution in [3.63, 3.8) is 0 Å². The van der Waals surface area contributed by atoms with Gasteiger partial charge < -0.3 is 15.4 Å². The molecule has 0 fully saturated rings. The second-order valence-electron chi connectivity index (χ2n) is 4.87. The van der Waals surface area contributed by atoms with Gasteiger partial charge in [-0.15, -0.1) is 0 Å². The third kappa shape index (κ3) is 3.45. The highest BCUT2D eigenvalue weighted by molar-refractivity contribution is 6.17. The van der Waals surface area contributed by atoms with Crippen LogP contribution in [-0.4, -0.2) is 25.6 Å². The number of rotatable bonds is 4. The number of benzene rings is 1. The number of carbonyl (C=O) groups is 1. The molecule has 0 bridgehead atoms. The molecule has 0 spiro atoms. The fourth-order valence-corrected chi connectivity index (χ4v) is 1.82. The van der Waals surface area contributed by atoms with Gasteiger partial charge in [-0.3, -0.25) is 4.79 Å². The summed E-state index contributed by atoms with van der Waals surface area (Å²) < 4.78 is 4.99. The fraction of sp³-hybridized carbons (Fsp3) is 0.333. The maximum absolute atomic E-state index is 12.1. The van der Waals surface area contributed by atoms with Crippen LogP contribution in [0.5, 0.6) is 0 Å². The Morgan fingerprint density at radius 1 is 1.45 bits per heavy atom. The summed E-state index contributed by atoms with van der Waals surface area (Å²) >= 11 is 0. The number of hydrogen-bond acceptors (Lipinski definition) is 4. The van der Waals surface area contributed by atoms with Gasteiger partial charge in [-0.05, 0) is 23.6 Å².